The van der Waals surface area contributed by atoms with Gasteiger partial charge in [-0.3, -0.25) is 0 Å². The van der Waals surface area contributed by atoms with E-state index in [-0.39, 0.29) is 0 Å². The molecule has 122 valence electrons. The third kappa shape index (κ3) is 3.68. The van der Waals surface area contributed by atoms with E-state index in [2.05, 4.69) is 73.6 Å². The SMILES string of the molecule is CCCn1c(C#Cc2ccc(CC(C)C)cc2)nc2ccccc21. The van der Waals surface area contributed by atoms with Crippen LogP contribution in [0.4, 0.5) is 0 Å². The largest absolute Gasteiger partial charge is 0.317 e. The van der Waals surface area contributed by atoms with Gasteiger partial charge in [-0.1, -0.05) is 51.0 Å². The summed E-state index contributed by atoms with van der Waals surface area (Å²) in [5, 5.41) is 0. The van der Waals surface area contributed by atoms with Crippen LogP contribution in [0.2, 0.25) is 0 Å². The van der Waals surface area contributed by atoms with Crippen molar-refractivity contribution in [1.82, 2.24) is 9.55 Å². The number of aryl methyl sites for hydroxylation is 1. The van der Waals surface area contributed by atoms with E-state index in [0.717, 1.165) is 41.8 Å². The van der Waals surface area contributed by atoms with Crippen LogP contribution in [0.1, 0.15) is 44.1 Å². The van der Waals surface area contributed by atoms with Crippen molar-refractivity contribution in [2.45, 2.75) is 40.2 Å². The maximum Gasteiger partial charge on any atom is 0.186 e. The smallest absolute Gasteiger partial charge is 0.186 e. The van der Waals surface area contributed by atoms with Crippen molar-refractivity contribution in [3.05, 3.63) is 65.5 Å². The molecule has 0 saturated heterocycles. The molecule has 0 amide bonds. The van der Waals surface area contributed by atoms with Crippen LogP contribution in [0.25, 0.3) is 11.0 Å². The van der Waals surface area contributed by atoms with Gasteiger partial charge in [0.15, 0.2) is 5.82 Å². The van der Waals surface area contributed by atoms with Gasteiger partial charge in [-0.05, 0) is 54.5 Å². The minimum Gasteiger partial charge on any atom is -0.317 e. The summed E-state index contributed by atoms with van der Waals surface area (Å²) in [5.41, 5.74) is 4.59. The molecule has 3 aromatic rings. The second-order valence-corrected chi connectivity index (χ2v) is 6.62. The molecule has 2 aromatic carbocycles. The van der Waals surface area contributed by atoms with Crippen molar-refractivity contribution in [3.63, 3.8) is 0 Å². The monoisotopic (exact) mass is 316 g/mol. The van der Waals surface area contributed by atoms with Crippen molar-refractivity contribution < 1.29 is 0 Å². The van der Waals surface area contributed by atoms with Crippen molar-refractivity contribution in [2.75, 3.05) is 0 Å². The summed E-state index contributed by atoms with van der Waals surface area (Å²) >= 11 is 0. The lowest BCUT2D eigenvalue weighted by Gasteiger charge is -2.04. The molecule has 1 heterocycles. The lowest BCUT2D eigenvalue weighted by Crippen LogP contribution is -2.00. The molecule has 0 N–H and O–H groups in total. The molecule has 0 radical (unpaired) electrons. The maximum absolute atomic E-state index is 4.69. The Hall–Kier alpha value is -2.53. The highest BCUT2D eigenvalue weighted by Gasteiger charge is 2.07. The summed E-state index contributed by atoms with van der Waals surface area (Å²) in [7, 11) is 0. The quantitative estimate of drug-likeness (QED) is 0.616. The van der Waals surface area contributed by atoms with Crippen molar-refractivity contribution in [3.8, 4) is 11.8 Å². The van der Waals surface area contributed by atoms with E-state index in [0.29, 0.717) is 5.92 Å². The summed E-state index contributed by atoms with van der Waals surface area (Å²) < 4.78 is 2.22. The van der Waals surface area contributed by atoms with Gasteiger partial charge in [0.05, 0.1) is 11.0 Å². The topological polar surface area (TPSA) is 17.8 Å². The summed E-state index contributed by atoms with van der Waals surface area (Å²) in [6.45, 7) is 7.61. The number of fused-ring (bicyclic) bond motifs is 1. The van der Waals surface area contributed by atoms with Crippen LogP contribution < -0.4 is 0 Å². The Balaban J connectivity index is 1.90. The standard InChI is InChI=1S/C22H24N2/c1-4-15-24-21-8-6-5-7-20(21)23-22(24)14-13-18-9-11-19(12-10-18)16-17(2)3/h5-12,17H,4,15-16H2,1-3H3. The number of para-hydroxylation sites is 2. The van der Waals surface area contributed by atoms with Gasteiger partial charge < -0.3 is 4.57 Å². The molecule has 3 rings (SSSR count). The summed E-state index contributed by atoms with van der Waals surface area (Å²) in [6, 6.07) is 16.8. The van der Waals surface area contributed by atoms with E-state index >= 15 is 0 Å². The first-order chi connectivity index (χ1) is 11.7. The third-order valence-corrected chi connectivity index (χ3v) is 4.02. The van der Waals surface area contributed by atoms with Crippen molar-refractivity contribution in [1.29, 1.82) is 0 Å². The molecule has 0 aliphatic rings. The minimum atomic E-state index is 0.677. The van der Waals surface area contributed by atoms with E-state index in [9.17, 15) is 0 Å². The van der Waals surface area contributed by atoms with Gasteiger partial charge in [0.25, 0.3) is 0 Å². The molecule has 0 aliphatic carbocycles. The molecule has 2 heteroatoms. The van der Waals surface area contributed by atoms with E-state index in [1.165, 1.54) is 5.56 Å². The molecule has 0 aliphatic heterocycles. The molecule has 0 saturated carbocycles. The minimum absolute atomic E-state index is 0.677. The first-order valence-electron chi connectivity index (χ1n) is 8.73. The lowest BCUT2D eigenvalue weighted by atomic mass is 10.0. The number of benzene rings is 2. The Morgan fingerprint density at radius 3 is 2.46 bits per heavy atom. The number of rotatable bonds is 4. The Kier molecular flexibility index (Phi) is 5.01. The number of imidazole rings is 1. The summed E-state index contributed by atoms with van der Waals surface area (Å²) in [4.78, 5) is 4.69. The van der Waals surface area contributed by atoms with Gasteiger partial charge in [0, 0.05) is 12.1 Å². The van der Waals surface area contributed by atoms with E-state index < -0.39 is 0 Å². The van der Waals surface area contributed by atoms with Gasteiger partial charge >= 0.3 is 0 Å². The zero-order valence-corrected chi connectivity index (χ0v) is 14.7. The first kappa shape index (κ1) is 16.3. The zero-order chi connectivity index (χ0) is 16.9. The molecular weight excluding hydrogens is 292 g/mol. The number of hydrogen-bond acceptors (Lipinski definition) is 1. The fraction of sp³-hybridized carbons (Fsp3) is 0.318. The summed E-state index contributed by atoms with van der Waals surface area (Å²) in [5.74, 6) is 8.06. The van der Waals surface area contributed by atoms with Gasteiger partial charge in [-0.15, -0.1) is 0 Å². The second kappa shape index (κ2) is 7.36. The maximum atomic E-state index is 4.69. The Labute approximate surface area is 144 Å². The van der Waals surface area contributed by atoms with Crippen LogP contribution in [0.3, 0.4) is 0 Å². The van der Waals surface area contributed by atoms with E-state index in [1.54, 1.807) is 0 Å². The fourth-order valence-corrected chi connectivity index (χ4v) is 2.94. The third-order valence-electron chi connectivity index (χ3n) is 4.02. The second-order valence-electron chi connectivity index (χ2n) is 6.62. The fourth-order valence-electron chi connectivity index (χ4n) is 2.94. The predicted molar refractivity (Wildman–Crippen MR) is 101 cm³/mol. The highest BCUT2D eigenvalue weighted by Crippen LogP contribution is 2.16. The Morgan fingerprint density at radius 2 is 1.75 bits per heavy atom. The molecule has 0 spiro atoms. The average Bonchev–Trinajstić information content (AvgIpc) is 2.92. The van der Waals surface area contributed by atoms with Gasteiger partial charge in [0.2, 0.25) is 0 Å². The van der Waals surface area contributed by atoms with E-state index in [4.69, 9.17) is 4.98 Å². The van der Waals surface area contributed by atoms with Crippen LogP contribution in [0.5, 0.6) is 0 Å². The van der Waals surface area contributed by atoms with Gasteiger partial charge in [0.1, 0.15) is 0 Å². The molecule has 1 aromatic heterocycles. The summed E-state index contributed by atoms with van der Waals surface area (Å²) in [6.07, 6.45) is 2.18. The van der Waals surface area contributed by atoms with Crippen LogP contribution in [0, 0.1) is 17.8 Å². The van der Waals surface area contributed by atoms with Crippen LogP contribution in [-0.4, -0.2) is 9.55 Å². The van der Waals surface area contributed by atoms with Gasteiger partial charge in [-0.25, -0.2) is 4.98 Å². The highest BCUT2D eigenvalue weighted by molar-refractivity contribution is 5.76. The van der Waals surface area contributed by atoms with Crippen LogP contribution >= 0.6 is 0 Å². The Bertz CT molecular complexity index is 874. The first-order valence-corrected chi connectivity index (χ1v) is 8.73. The normalized spacial score (nSPS) is 10.8. The molecule has 24 heavy (non-hydrogen) atoms. The van der Waals surface area contributed by atoms with Crippen LogP contribution in [0.15, 0.2) is 48.5 Å². The van der Waals surface area contributed by atoms with Crippen molar-refractivity contribution in [2.24, 2.45) is 5.92 Å². The molecule has 0 atom stereocenters. The van der Waals surface area contributed by atoms with Gasteiger partial charge in [-0.2, -0.15) is 0 Å². The number of nitrogens with zero attached hydrogens (tertiary/aromatic N) is 2. The number of aromatic nitrogens is 2. The van der Waals surface area contributed by atoms with Crippen LogP contribution in [-0.2, 0) is 13.0 Å². The molecule has 0 fully saturated rings. The molecule has 0 unspecified atom stereocenters. The van der Waals surface area contributed by atoms with E-state index in [1.807, 2.05) is 12.1 Å². The predicted octanol–water partition coefficient (Wildman–Crippen LogP) is 5.04. The lowest BCUT2D eigenvalue weighted by molar-refractivity contribution is 0.647. The highest BCUT2D eigenvalue weighted by atomic mass is 15.1. The molecule has 0 bridgehead atoms. The zero-order valence-electron chi connectivity index (χ0n) is 14.7. The number of hydrogen-bond donors (Lipinski definition) is 0. The van der Waals surface area contributed by atoms with Crippen molar-refractivity contribution >= 4 is 11.0 Å². The molecule has 2 nitrogen and oxygen atoms in total. The average molecular weight is 316 g/mol. The molecular formula is C22H24N2. The Morgan fingerprint density at radius 1 is 1.00 bits per heavy atom.